The summed E-state index contributed by atoms with van der Waals surface area (Å²) >= 11 is 0. The van der Waals surface area contributed by atoms with Crippen LogP contribution in [-0.4, -0.2) is 6.04 Å². The van der Waals surface area contributed by atoms with Gasteiger partial charge in [-0.2, -0.15) is 0 Å². The minimum atomic E-state index is 0.128. The minimum absolute atomic E-state index is 0.128. The van der Waals surface area contributed by atoms with Gasteiger partial charge in [0.15, 0.2) is 0 Å². The SMILES string of the molecule is NC1C=c2c(oc3ccccc23)=CC1. The second kappa shape index (κ2) is 2.72. The van der Waals surface area contributed by atoms with Crippen LogP contribution in [0.25, 0.3) is 23.1 Å². The van der Waals surface area contributed by atoms with Crippen molar-refractivity contribution in [1.29, 1.82) is 0 Å². The monoisotopic (exact) mass is 185 g/mol. The van der Waals surface area contributed by atoms with E-state index in [2.05, 4.69) is 18.2 Å². The standard InChI is InChI=1S/C12H11NO/c13-8-5-6-12-10(7-8)9-3-1-2-4-11(9)14-12/h1-4,6-8H,5,13H2. The van der Waals surface area contributed by atoms with Crippen LogP contribution in [0.4, 0.5) is 0 Å². The third-order valence-electron chi connectivity index (χ3n) is 2.62. The number of hydrogen-bond donors (Lipinski definition) is 1. The first-order valence-electron chi connectivity index (χ1n) is 4.80. The highest BCUT2D eigenvalue weighted by Crippen LogP contribution is 2.08. The molecule has 1 aromatic carbocycles. The number of rotatable bonds is 0. The fourth-order valence-electron chi connectivity index (χ4n) is 1.93. The van der Waals surface area contributed by atoms with Gasteiger partial charge in [-0.05, 0) is 18.6 Å². The maximum absolute atomic E-state index is 5.87. The summed E-state index contributed by atoms with van der Waals surface area (Å²) in [6, 6.07) is 8.19. The Balaban J connectivity index is 2.54. The fourth-order valence-corrected chi connectivity index (χ4v) is 1.93. The van der Waals surface area contributed by atoms with Crippen molar-refractivity contribution in [2.75, 3.05) is 0 Å². The van der Waals surface area contributed by atoms with Gasteiger partial charge in [0.25, 0.3) is 0 Å². The highest BCUT2D eigenvalue weighted by molar-refractivity contribution is 5.79. The van der Waals surface area contributed by atoms with Gasteiger partial charge in [-0.1, -0.05) is 24.3 Å². The van der Waals surface area contributed by atoms with Crippen molar-refractivity contribution in [2.45, 2.75) is 12.5 Å². The number of fused-ring (bicyclic) bond motifs is 3. The molecule has 3 rings (SSSR count). The lowest BCUT2D eigenvalue weighted by Gasteiger charge is -2.03. The Labute approximate surface area is 81.3 Å². The Hall–Kier alpha value is -1.54. The lowest BCUT2D eigenvalue weighted by atomic mass is 10.1. The molecule has 0 fully saturated rings. The average Bonchev–Trinajstić information content (AvgIpc) is 2.56. The average molecular weight is 185 g/mol. The molecule has 1 aromatic heterocycles. The van der Waals surface area contributed by atoms with Crippen molar-refractivity contribution in [3.63, 3.8) is 0 Å². The number of nitrogens with two attached hydrogens (primary N) is 1. The van der Waals surface area contributed by atoms with Gasteiger partial charge in [0.05, 0.1) is 0 Å². The van der Waals surface area contributed by atoms with Crippen molar-refractivity contribution in [2.24, 2.45) is 5.73 Å². The first kappa shape index (κ1) is 7.83. The van der Waals surface area contributed by atoms with E-state index in [1.54, 1.807) is 0 Å². The zero-order valence-electron chi connectivity index (χ0n) is 7.73. The van der Waals surface area contributed by atoms with E-state index < -0.39 is 0 Å². The summed E-state index contributed by atoms with van der Waals surface area (Å²) in [5.74, 6) is 0. The largest absolute Gasteiger partial charge is 0.456 e. The Kier molecular flexibility index (Phi) is 1.52. The Morgan fingerprint density at radius 1 is 1.29 bits per heavy atom. The molecular weight excluding hydrogens is 174 g/mol. The molecule has 2 nitrogen and oxygen atoms in total. The predicted octanol–water partition coefficient (Wildman–Crippen LogP) is 0.725. The van der Waals surface area contributed by atoms with E-state index in [0.29, 0.717) is 0 Å². The Morgan fingerprint density at radius 3 is 3.07 bits per heavy atom. The molecule has 70 valence electrons. The summed E-state index contributed by atoms with van der Waals surface area (Å²) in [7, 11) is 0. The van der Waals surface area contributed by atoms with Gasteiger partial charge in [-0.3, -0.25) is 0 Å². The van der Waals surface area contributed by atoms with E-state index in [1.165, 1.54) is 0 Å². The topological polar surface area (TPSA) is 39.2 Å². The molecule has 1 aliphatic rings. The second-order valence-electron chi connectivity index (χ2n) is 3.65. The summed E-state index contributed by atoms with van der Waals surface area (Å²) in [5.41, 5.74) is 7.78. The molecule has 2 heteroatoms. The molecule has 0 bridgehead atoms. The molecule has 0 spiro atoms. The van der Waals surface area contributed by atoms with E-state index in [1.807, 2.05) is 18.2 Å². The number of para-hydroxylation sites is 1. The minimum Gasteiger partial charge on any atom is -0.456 e. The van der Waals surface area contributed by atoms with E-state index in [-0.39, 0.29) is 6.04 Å². The second-order valence-corrected chi connectivity index (χ2v) is 3.65. The van der Waals surface area contributed by atoms with Gasteiger partial charge >= 0.3 is 0 Å². The van der Waals surface area contributed by atoms with Gasteiger partial charge in [0, 0.05) is 16.6 Å². The van der Waals surface area contributed by atoms with Crippen LogP contribution >= 0.6 is 0 Å². The molecule has 1 atom stereocenters. The Bertz CT molecular complexity index is 594. The molecule has 0 aliphatic heterocycles. The van der Waals surface area contributed by atoms with E-state index in [4.69, 9.17) is 10.2 Å². The smallest absolute Gasteiger partial charge is 0.135 e. The predicted molar refractivity (Wildman–Crippen MR) is 57.0 cm³/mol. The molecule has 0 radical (unpaired) electrons. The summed E-state index contributed by atoms with van der Waals surface area (Å²) < 4.78 is 5.70. The van der Waals surface area contributed by atoms with Crippen molar-refractivity contribution < 1.29 is 4.42 Å². The van der Waals surface area contributed by atoms with Crippen LogP contribution in [0.1, 0.15) is 6.42 Å². The maximum atomic E-state index is 5.87. The van der Waals surface area contributed by atoms with Crippen LogP contribution in [-0.2, 0) is 0 Å². The highest BCUT2D eigenvalue weighted by Gasteiger charge is 2.07. The molecule has 2 aromatic rings. The van der Waals surface area contributed by atoms with Crippen molar-refractivity contribution in [3.8, 4) is 0 Å². The highest BCUT2D eigenvalue weighted by atomic mass is 16.3. The Morgan fingerprint density at radius 2 is 2.14 bits per heavy atom. The van der Waals surface area contributed by atoms with Crippen molar-refractivity contribution in [3.05, 3.63) is 34.9 Å². The fraction of sp³-hybridized carbons (Fsp3) is 0.167. The van der Waals surface area contributed by atoms with Crippen LogP contribution in [0.5, 0.6) is 0 Å². The lowest BCUT2D eigenvalue weighted by molar-refractivity contribution is 0.570. The van der Waals surface area contributed by atoms with Crippen molar-refractivity contribution >= 4 is 23.1 Å². The zero-order valence-corrected chi connectivity index (χ0v) is 7.73. The van der Waals surface area contributed by atoms with Crippen LogP contribution in [0.2, 0.25) is 0 Å². The quantitative estimate of drug-likeness (QED) is 0.657. The molecule has 0 saturated carbocycles. The molecule has 0 amide bonds. The molecule has 0 saturated heterocycles. The molecule has 14 heavy (non-hydrogen) atoms. The summed E-state index contributed by atoms with van der Waals surface area (Å²) in [6.07, 6.45) is 5.02. The van der Waals surface area contributed by atoms with Gasteiger partial charge < -0.3 is 10.2 Å². The first-order chi connectivity index (χ1) is 6.84. The summed E-state index contributed by atoms with van der Waals surface area (Å²) in [5, 5.41) is 2.31. The van der Waals surface area contributed by atoms with Gasteiger partial charge in [0.2, 0.25) is 0 Å². The third-order valence-corrected chi connectivity index (χ3v) is 2.62. The molecule has 2 N–H and O–H groups in total. The zero-order chi connectivity index (χ0) is 9.54. The van der Waals surface area contributed by atoms with Crippen LogP contribution in [0.3, 0.4) is 0 Å². The first-order valence-corrected chi connectivity index (χ1v) is 4.80. The molecular formula is C12H11NO. The summed E-state index contributed by atoms with van der Waals surface area (Å²) in [6.45, 7) is 0. The molecule has 1 heterocycles. The van der Waals surface area contributed by atoms with Crippen LogP contribution in [0.15, 0.2) is 28.7 Å². The van der Waals surface area contributed by atoms with Crippen molar-refractivity contribution in [1.82, 2.24) is 0 Å². The third kappa shape index (κ3) is 1.01. The molecule has 1 unspecified atom stereocenters. The van der Waals surface area contributed by atoms with E-state index in [9.17, 15) is 0 Å². The normalized spacial score (nSPS) is 19.9. The number of hydrogen-bond acceptors (Lipinski definition) is 2. The number of furan rings is 1. The van der Waals surface area contributed by atoms with Gasteiger partial charge in [-0.15, -0.1) is 0 Å². The van der Waals surface area contributed by atoms with E-state index >= 15 is 0 Å². The molecule has 1 aliphatic carbocycles. The van der Waals surface area contributed by atoms with Gasteiger partial charge in [0.1, 0.15) is 11.0 Å². The maximum Gasteiger partial charge on any atom is 0.135 e. The van der Waals surface area contributed by atoms with Gasteiger partial charge in [-0.25, -0.2) is 0 Å². The number of benzene rings is 1. The summed E-state index contributed by atoms with van der Waals surface area (Å²) in [4.78, 5) is 0. The lowest BCUT2D eigenvalue weighted by Crippen LogP contribution is -2.31. The van der Waals surface area contributed by atoms with E-state index in [0.717, 1.165) is 28.0 Å². The van der Waals surface area contributed by atoms with Crippen LogP contribution in [0, 0.1) is 0 Å². The van der Waals surface area contributed by atoms with Crippen LogP contribution < -0.4 is 16.4 Å².